The number of hydrogen-bond acceptors (Lipinski definition) is 6. The summed E-state index contributed by atoms with van der Waals surface area (Å²) in [5.41, 5.74) is 7.22. The highest BCUT2D eigenvalue weighted by molar-refractivity contribution is 5.68. The lowest BCUT2D eigenvalue weighted by Gasteiger charge is -2.38. The van der Waals surface area contributed by atoms with E-state index in [1.54, 1.807) is 0 Å². The van der Waals surface area contributed by atoms with Crippen LogP contribution in [-0.4, -0.2) is 42.4 Å². The number of aliphatic hydroxyl groups excluding tert-OH is 1. The lowest BCUT2D eigenvalue weighted by Crippen LogP contribution is -2.37. The Morgan fingerprint density at radius 1 is 0.909 bits per heavy atom. The van der Waals surface area contributed by atoms with E-state index in [1.807, 2.05) is 48.5 Å². The van der Waals surface area contributed by atoms with E-state index in [2.05, 4.69) is 78.4 Å². The fraction of sp³-hybridized carbons (Fsp3) is 0.270. The molecule has 4 aromatic rings. The Labute approximate surface area is 259 Å². The summed E-state index contributed by atoms with van der Waals surface area (Å²) in [7, 11) is 2.12. The Morgan fingerprint density at radius 3 is 2.36 bits per heavy atom. The van der Waals surface area contributed by atoms with E-state index in [-0.39, 0.29) is 25.4 Å². The summed E-state index contributed by atoms with van der Waals surface area (Å²) in [6.45, 7) is 5.71. The molecule has 5 rings (SSSR count). The van der Waals surface area contributed by atoms with Crippen LogP contribution in [-0.2, 0) is 33.9 Å². The summed E-state index contributed by atoms with van der Waals surface area (Å²) in [5, 5.41) is 12.3. The van der Waals surface area contributed by atoms with Crippen LogP contribution in [0.4, 0.5) is 4.79 Å². The molecule has 3 unspecified atom stereocenters. The third kappa shape index (κ3) is 8.65. The average molecular weight is 593 g/mol. The van der Waals surface area contributed by atoms with Gasteiger partial charge in [-0.3, -0.25) is 4.90 Å². The monoisotopic (exact) mass is 592 g/mol. The van der Waals surface area contributed by atoms with Crippen molar-refractivity contribution in [1.82, 2.24) is 10.2 Å². The molecular weight excluding hydrogens is 552 g/mol. The predicted molar refractivity (Wildman–Crippen MR) is 171 cm³/mol. The largest absolute Gasteiger partial charge is 0.445 e. The molecule has 0 bridgehead atoms. The number of benzene rings is 4. The normalized spacial score (nSPS) is 18.1. The third-order valence-electron chi connectivity index (χ3n) is 7.64. The highest BCUT2D eigenvalue weighted by Gasteiger charge is 2.32. The first-order chi connectivity index (χ1) is 21.5. The number of rotatable bonds is 12. The summed E-state index contributed by atoms with van der Waals surface area (Å²) in [6, 6.07) is 34.7. The maximum atomic E-state index is 11.8. The smallest absolute Gasteiger partial charge is 0.407 e. The molecule has 7 nitrogen and oxygen atoms in total. The minimum atomic E-state index is -0.521. The summed E-state index contributed by atoms with van der Waals surface area (Å²) in [4.78, 5) is 14.1. The van der Waals surface area contributed by atoms with Crippen molar-refractivity contribution in [3.63, 3.8) is 0 Å². The fourth-order valence-corrected chi connectivity index (χ4v) is 5.39. The number of nitrogens with one attached hydrogen (secondary N) is 1. The quantitative estimate of drug-likeness (QED) is 0.174. The van der Waals surface area contributed by atoms with Gasteiger partial charge in [0.2, 0.25) is 0 Å². The zero-order valence-electron chi connectivity index (χ0n) is 25.1. The highest BCUT2D eigenvalue weighted by atomic mass is 16.7. The molecule has 0 spiro atoms. The number of hydrogen-bond donors (Lipinski definition) is 2. The molecule has 2 N–H and O–H groups in total. The van der Waals surface area contributed by atoms with Crippen LogP contribution in [0, 0.1) is 0 Å². The van der Waals surface area contributed by atoms with Crippen molar-refractivity contribution < 1.29 is 24.1 Å². The molecule has 0 aromatic heterocycles. The topological polar surface area (TPSA) is 80.3 Å². The first kappa shape index (κ1) is 31.2. The van der Waals surface area contributed by atoms with Crippen molar-refractivity contribution in [1.29, 1.82) is 0 Å². The Kier molecular flexibility index (Phi) is 10.9. The average Bonchev–Trinajstić information content (AvgIpc) is 3.07. The van der Waals surface area contributed by atoms with Crippen molar-refractivity contribution in [2.45, 2.75) is 44.6 Å². The van der Waals surface area contributed by atoms with Crippen LogP contribution in [0.1, 0.15) is 46.6 Å². The van der Waals surface area contributed by atoms with Gasteiger partial charge in [-0.15, -0.1) is 0 Å². The maximum Gasteiger partial charge on any atom is 0.407 e. The van der Waals surface area contributed by atoms with Crippen LogP contribution in [0.3, 0.4) is 0 Å². The van der Waals surface area contributed by atoms with Crippen molar-refractivity contribution in [3.8, 4) is 11.1 Å². The Balaban J connectivity index is 1.29. The van der Waals surface area contributed by atoms with Gasteiger partial charge in [-0.05, 0) is 46.5 Å². The Hall–Kier alpha value is -4.27. The van der Waals surface area contributed by atoms with E-state index in [1.165, 1.54) is 11.6 Å². The molecule has 0 radical (unpaired) electrons. The molecular formula is C37H40N2O5. The fourth-order valence-electron chi connectivity index (χ4n) is 5.39. The summed E-state index contributed by atoms with van der Waals surface area (Å²) >= 11 is 0. The summed E-state index contributed by atoms with van der Waals surface area (Å²) in [6.07, 6.45) is 1.10. The lowest BCUT2D eigenvalue weighted by atomic mass is 9.99. The number of aliphatic hydroxyl groups is 1. The molecule has 1 amide bonds. The van der Waals surface area contributed by atoms with Gasteiger partial charge in [0.15, 0.2) is 6.29 Å². The first-order valence-corrected chi connectivity index (χ1v) is 14.9. The first-order valence-electron chi connectivity index (χ1n) is 14.9. The van der Waals surface area contributed by atoms with E-state index in [0.29, 0.717) is 6.54 Å². The van der Waals surface area contributed by atoms with Gasteiger partial charge in [0, 0.05) is 31.6 Å². The molecule has 3 atom stereocenters. The van der Waals surface area contributed by atoms with Crippen LogP contribution >= 0.6 is 0 Å². The van der Waals surface area contributed by atoms with E-state index < -0.39 is 12.4 Å². The van der Waals surface area contributed by atoms with Gasteiger partial charge in [0.25, 0.3) is 0 Å². The standard InChI is InChI=1S/C37H40N2O5/c1-3-20-42-37(41)38-23-29-10-7-11-33(21-29)30-16-18-32(19-17-30)36-43-34(25-39(2)24-27-8-5-4-6-9-27)22-35(44-36)31-14-12-28(26-40)13-15-31/h3-19,21,34-36,40H,1,20,22-26H2,2H3,(H,38,41). The number of nitrogens with zero attached hydrogens (tertiary/aromatic N) is 1. The summed E-state index contributed by atoms with van der Waals surface area (Å²) < 4.78 is 18.1. The molecule has 1 saturated heterocycles. The van der Waals surface area contributed by atoms with E-state index in [9.17, 15) is 9.90 Å². The number of carbonyl (C=O) groups excluding carboxylic acids is 1. The van der Waals surface area contributed by atoms with Gasteiger partial charge < -0.3 is 24.6 Å². The highest BCUT2D eigenvalue weighted by Crippen LogP contribution is 2.38. The second kappa shape index (κ2) is 15.5. The zero-order chi connectivity index (χ0) is 30.7. The number of alkyl carbamates (subject to hydrolysis) is 1. The maximum absolute atomic E-state index is 11.8. The zero-order valence-corrected chi connectivity index (χ0v) is 25.1. The lowest BCUT2D eigenvalue weighted by molar-refractivity contribution is -0.252. The van der Waals surface area contributed by atoms with Crippen molar-refractivity contribution in [2.75, 3.05) is 20.2 Å². The molecule has 1 aliphatic rings. The van der Waals surface area contributed by atoms with Crippen molar-refractivity contribution in [2.24, 2.45) is 0 Å². The van der Waals surface area contributed by atoms with Gasteiger partial charge >= 0.3 is 6.09 Å². The molecule has 7 heteroatoms. The SMILES string of the molecule is C=CCOC(=O)NCc1cccc(-c2ccc(C3OC(CN(C)Cc4ccccc4)CC(c4ccc(CO)cc4)O3)cc2)c1. The van der Waals surface area contributed by atoms with E-state index >= 15 is 0 Å². The molecule has 4 aromatic carbocycles. The number of amides is 1. The Bertz CT molecular complexity index is 1490. The van der Waals surface area contributed by atoms with Gasteiger partial charge in [-0.1, -0.05) is 110 Å². The van der Waals surface area contributed by atoms with E-state index in [4.69, 9.17) is 14.2 Å². The van der Waals surface area contributed by atoms with Gasteiger partial charge in [0.05, 0.1) is 18.8 Å². The molecule has 1 fully saturated rings. The van der Waals surface area contributed by atoms with Crippen LogP contribution < -0.4 is 5.32 Å². The van der Waals surface area contributed by atoms with Crippen LogP contribution in [0.5, 0.6) is 0 Å². The van der Waals surface area contributed by atoms with Crippen LogP contribution in [0.15, 0.2) is 116 Å². The molecule has 1 aliphatic heterocycles. The molecule has 0 saturated carbocycles. The third-order valence-corrected chi connectivity index (χ3v) is 7.64. The second-order valence-corrected chi connectivity index (χ2v) is 11.1. The van der Waals surface area contributed by atoms with Gasteiger partial charge in [0.1, 0.15) is 6.61 Å². The van der Waals surface area contributed by atoms with Gasteiger partial charge in [-0.25, -0.2) is 4.79 Å². The molecule has 0 aliphatic carbocycles. The predicted octanol–water partition coefficient (Wildman–Crippen LogP) is 6.94. The molecule has 1 heterocycles. The van der Waals surface area contributed by atoms with Gasteiger partial charge in [-0.2, -0.15) is 0 Å². The second-order valence-electron chi connectivity index (χ2n) is 11.1. The minimum Gasteiger partial charge on any atom is -0.445 e. The van der Waals surface area contributed by atoms with Crippen LogP contribution in [0.2, 0.25) is 0 Å². The number of carbonyl (C=O) groups is 1. The molecule has 44 heavy (non-hydrogen) atoms. The van der Waals surface area contributed by atoms with Crippen LogP contribution in [0.25, 0.3) is 11.1 Å². The Morgan fingerprint density at radius 2 is 1.64 bits per heavy atom. The number of likely N-dealkylation sites (N-methyl/N-ethyl adjacent to an activating group) is 1. The minimum absolute atomic E-state index is 0.0124. The summed E-state index contributed by atoms with van der Waals surface area (Å²) in [5.74, 6) is 0. The molecule has 228 valence electrons. The van der Waals surface area contributed by atoms with E-state index in [0.717, 1.165) is 52.9 Å². The number of ether oxygens (including phenoxy) is 3. The van der Waals surface area contributed by atoms with Crippen molar-refractivity contribution >= 4 is 6.09 Å². The van der Waals surface area contributed by atoms with Crippen molar-refractivity contribution in [3.05, 3.63) is 144 Å².